The van der Waals surface area contributed by atoms with Gasteiger partial charge in [-0.1, -0.05) is 0 Å². The Bertz CT molecular complexity index is 296. The summed E-state index contributed by atoms with van der Waals surface area (Å²) in [4.78, 5) is 3.84. The van der Waals surface area contributed by atoms with Gasteiger partial charge in [0.1, 0.15) is 10.7 Å². The van der Waals surface area contributed by atoms with E-state index < -0.39 is 0 Å². The van der Waals surface area contributed by atoms with Crippen LogP contribution in [0, 0.1) is 0 Å². The van der Waals surface area contributed by atoms with E-state index in [-0.39, 0.29) is 0 Å². The van der Waals surface area contributed by atoms with Crippen molar-refractivity contribution in [2.75, 3.05) is 0 Å². The van der Waals surface area contributed by atoms with Gasteiger partial charge in [-0.25, -0.2) is 0 Å². The van der Waals surface area contributed by atoms with Crippen LogP contribution in [-0.4, -0.2) is 4.98 Å². The maximum absolute atomic E-state index is 3.84. The van der Waals surface area contributed by atoms with Crippen molar-refractivity contribution < 1.29 is 0 Å². The van der Waals surface area contributed by atoms with E-state index in [9.17, 15) is 0 Å². The summed E-state index contributed by atoms with van der Waals surface area (Å²) in [5.74, 6) is 0. The monoisotopic (exact) mass is 119 g/mol. The molecule has 0 bridgehead atoms. The van der Waals surface area contributed by atoms with Gasteiger partial charge in [0.25, 0.3) is 0 Å². The molecule has 4 heteroatoms. The van der Waals surface area contributed by atoms with E-state index in [0.717, 1.165) is 10.7 Å². The van der Waals surface area contributed by atoms with Crippen LogP contribution in [0.4, 0.5) is 0 Å². The van der Waals surface area contributed by atoms with Gasteiger partial charge < -0.3 is 0 Å². The van der Waals surface area contributed by atoms with Crippen LogP contribution < -0.4 is 16.2 Å². The van der Waals surface area contributed by atoms with Gasteiger partial charge in [0, 0.05) is 6.20 Å². The van der Waals surface area contributed by atoms with Crippen molar-refractivity contribution in [1.29, 1.82) is 0 Å². The highest BCUT2D eigenvalue weighted by Crippen LogP contribution is 1.69. The van der Waals surface area contributed by atoms with Crippen molar-refractivity contribution in [3.8, 4) is 0 Å². The third-order valence-electron chi connectivity index (χ3n) is 1.08. The van der Waals surface area contributed by atoms with E-state index in [0.29, 0.717) is 0 Å². The number of aromatic nitrogens is 1. The highest BCUT2D eigenvalue weighted by molar-refractivity contribution is 4.91. The summed E-state index contributed by atoms with van der Waals surface area (Å²) in [5.41, 5.74) is 3.46. The first-order valence-corrected chi connectivity index (χ1v) is 2.52. The molecule has 0 N–H and O–H groups in total. The number of hydrogen-bond donors (Lipinski definition) is 0. The third kappa shape index (κ3) is 0.561. The van der Waals surface area contributed by atoms with Crippen molar-refractivity contribution in [2.24, 2.45) is 10.2 Å². The summed E-state index contributed by atoms with van der Waals surface area (Å²) in [6.07, 6.45) is 3.30. The Morgan fingerprint density at radius 3 is 2.89 bits per heavy atom. The second kappa shape index (κ2) is 1.51. The molecule has 0 saturated carbocycles. The molecule has 0 saturated heterocycles. The molecule has 1 aromatic rings. The van der Waals surface area contributed by atoms with Crippen molar-refractivity contribution in [3.63, 3.8) is 0 Å². The molecule has 0 amide bonds. The first-order chi connectivity index (χ1) is 4.47. The SMILES string of the molecule is c1cc2c(cn1)=N[N]N=2. The zero-order valence-corrected chi connectivity index (χ0v) is 4.52. The van der Waals surface area contributed by atoms with Gasteiger partial charge in [0.05, 0.1) is 6.20 Å². The zero-order valence-electron chi connectivity index (χ0n) is 4.52. The summed E-state index contributed by atoms with van der Waals surface area (Å²) in [5, 5.41) is 8.96. The molecule has 2 heterocycles. The second-order valence-corrected chi connectivity index (χ2v) is 1.65. The molecular formula is C5H3N4. The van der Waals surface area contributed by atoms with Crippen LogP contribution in [-0.2, 0) is 0 Å². The maximum Gasteiger partial charge on any atom is 0.133 e. The zero-order chi connectivity index (χ0) is 6.10. The molecule has 9 heavy (non-hydrogen) atoms. The topological polar surface area (TPSA) is 51.7 Å². The van der Waals surface area contributed by atoms with E-state index in [4.69, 9.17) is 0 Å². The van der Waals surface area contributed by atoms with Crippen LogP contribution in [0.15, 0.2) is 28.7 Å². The molecule has 1 aliphatic heterocycles. The van der Waals surface area contributed by atoms with E-state index in [2.05, 4.69) is 20.7 Å². The Balaban J connectivity index is 2.97. The molecule has 0 fully saturated rings. The van der Waals surface area contributed by atoms with Crippen LogP contribution in [0.25, 0.3) is 0 Å². The van der Waals surface area contributed by atoms with Gasteiger partial charge in [0.15, 0.2) is 0 Å². The number of pyridine rings is 1. The fraction of sp³-hybridized carbons (Fsp3) is 0. The molecule has 0 unspecified atom stereocenters. The van der Waals surface area contributed by atoms with E-state index in [1.54, 1.807) is 18.5 Å². The molecule has 0 spiro atoms. The second-order valence-electron chi connectivity index (χ2n) is 1.65. The lowest BCUT2D eigenvalue weighted by atomic mass is 10.4. The molecule has 0 aromatic carbocycles. The number of hydrogen-bond acceptors (Lipinski definition) is 3. The number of rotatable bonds is 0. The highest BCUT2D eigenvalue weighted by atomic mass is 15.5. The van der Waals surface area contributed by atoms with Crippen LogP contribution in [0.5, 0.6) is 0 Å². The van der Waals surface area contributed by atoms with Crippen molar-refractivity contribution in [1.82, 2.24) is 10.5 Å². The molecule has 1 aromatic heterocycles. The number of fused-ring (bicyclic) bond motifs is 1. The summed E-state index contributed by atoms with van der Waals surface area (Å²) in [6.45, 7) is 0. The highest BCUT2D eigenvalue weighted by Gasteiger charge is 1.93. The average molecular weight is 119 g/mol. The first kappa shape index (κ1) is 4.43. The Morgan fingerprint density at radius 1 is 1.11 bits per heavy atom. The third-order valence-corrected chi connectivity index (χ3v) is 1.08. The smallest absolute Gasteiger partial charge is 0.133 e. The van der Waals surface area contributed by atoms with Crippen LogP contribution in [0.1, 0.15) is 0 Å². The van der Waals surface area contributed by atoms with Crippen LogP contribution in [0.3, 0.4) is 0 Å². The van der Waals surface area contributed by atoms with Gasteiger partial charge >= 0.3 is 0 Å². The Labute approximate surface area is 50.9 Å². The van der Waals surface area contributed by atoms with Crippen molar-refractivity contribution >= 4 is 0 Å². The fourth-order valence-corrected chi connectivity index (χ4v) is 0.659. The van der Waals surface area contributed by atoms with Gasteiger partial charge in [-0.3, -0.25) is 4.98 Å². The molecule has 1 aliphatic rings. The molecule has 4 nitrogen and oxygen atoms in total. The lowest BCUT2D eigenvalue weighted by Crippen LogP contribution is -2.20. The Kier molecular flexibility index (Phi) is 0.745. The minimum absolute atomic E-state index is 0.748. The summed E-state index contributed by atoms with van der Waals surface area (Å²) >= 11 is 0. The Hall–Kier alpha value is -1.45. The quantitative estimate of drug-likeness (QED) is 0.422. The Morgan fingerprint density at radius 2 is 2.00 bits per heavy atom. The van der Waals surface area contributed by atoms with Crippen LogP contribution in [0.2, 0.25) is 0 Å². The average Bonchev–Trinajstić information content (AvgIpc) is 2.33. The summed E-state index contributed by atoms with van der Waals surface area (Å²) in [6, 6.07) is 1.77. The minimum atomic E-state index is 0.748. The molecule has 2 rings (SSSR count). The van der Waals surface area contributed by atoms with Crippen molar-refractivity contribution in [2.45, 2.75) is 0 Å². The lowest BCUT2D eigenvalue weighted by molar-refractivity contribution is 0.779. The van der Waals surface area contributed by atoms with Gasteiger partial charge in [-0.05, 0) is 11.6 Å². The van der Waals surface area contributed by atoms with Crippen molar-refractivity contribution in [3.05, 3.63) is 29.2 Å². The summed E-state index contributed by atoms with van der Waals surface area (Å²) in [7, 11) is 0. The van der Waals surface area contributed by atoms with Gasteiger partial charge in [-0.15, -0.1) is 10.2 Å². The molecule has 0 aliphatic carbocycles. The largest absolute Gasteiger partial charge is 0.262 e. The minimum Gasteiger partial charge on any atom is -0.262 e. The normalized spacial score (nSPS) is 12.9. The first-order valence-electron chi connectivity index (χ1n) is 2.52. The number of nitrogens with zero attached hydrogens (tertiary/aromatic N) is 4. The predicted molar refractivity (Wildman–Crippen MR) is 28.7 cm³/mol. The lowest BCUT2D eigenvalue weighted by Gasteiger charge is -1.73. The predicted octanol–water partition coefficient (Wildman–Crippen LogP) is -1.23. The van der Waals surface area contributed by atoms with Gasteiger partial charge in [0.2, 0.25) is 0 Å². The molecule has 0 atom stereocenters. The van der Waals surface area contributed by atoms with E-state index in [1.807, 2.05) is 0 Å². The maximum atomic E-state index is 3.84. The fourth-order valence-electron chi connectivity index (χ4n) is 0.659. The summed E-state index contributed by atoms with van der Waals surface area (Å²) < 4.78 is 0. The molecule has 1 radical (unpaired) electrons. The van der Waals surface area contributed by atoms with E-state index in [1.165, 1.54) is 0 Å². The molecule has 43 valence electrons. The standard InChI is InChI=1S/C5H3N4/c1-2-6-3-5-4(1)7-9-8-5/h1-3H. The van der Waals surface area contributed by atoms with E-state index >= 15 is 0 Å². The van der Waals surface area contributed by atoms with Crippen LogP contribution >= 0.6 is 0 Å². The molecular weight excluding hydrogens is 116 g/mol. The van der Waals surface area contributed by atoms with Gasteiger partial charge in [-0.2, -0.15) is 0 Å².